The van der Waals surface area contributed by atoms with Gasteiger partial charge in [0.25, 0.3) is 0 Å². The first-order valence-corrected chi connectivity index (χ1v) is 8.38. The molecule has 0 radical (unpaired) electrons. The van der Waals surface area contributed by atoms with Gasteiger partial charge in [0.05, 0.1) is 0 Å². The van der Waals surface area contributed by atoms with Crippen LogP contribution in [0.2, 0.25) is 0 Å². The van der Waals surface area contributed by atoms with E-state index in [9.17, 15) is 14.0 Å². The van der Waals surface area contributed by atoms with Gasteiger partial charge in [0.15, 0.2) is 0 Å². The number of carbonyl (C=O) groups excluding carboxylic acids is 1. The number of ether oxygens (including phenoxy) is 1. The Labute approximate surface area is 151 Å². The van der Waals surface area contributed by atoms with E-state index in [0.717, 1.165) is 11.1 Å². The minimum absolute atomic E-state index is 0.108. The van der Waals surface area contributed by atoms with E-state index >= 15 is 0 Å². The number of carboxylic acids is 1. The number of nitrogens with one attached hydrogen (secondary N) is 1. The molecule has 0 bridgehead atoms. The van der Waals surface area contributed by atoms with E-state index in [1.165, 1.54) is 6.07 Å². The monoisotopic (exact) mass is 359 g/mol. The van der Waals surface area contributed by atoms with Crippen LogP contribution in [0.15, 0.2) is 48.5 Å². The van der Waals surface area contributed by atoms with Gasteiger partial charge >= 0.3 is 12.1 Å². The second-order valence-electron chi connectivity index (χ2n) is 6.13. The van der Waals surface area contributed by atoms with Crippen LogP contribution in [0.3, 0.4) is 0 Å². The highest BCUT2D eigenvalue weighted by molar-refractivity contribution is 5.68. The van der Waals surface area contributed by atoms with Gasteiger partial charge in [-0.1, -0.05) is 48.0 Å². The predicted molar refractivity (Wildman–Crippen MR) is 95.3 cm³/mol. The smallest absolute Gasteiger partial charge is 0.407 e. The molecule has 0 spiro atoms. The summed E-state index contributed by atoms with van der Waals surface area (Å²) in [6.07, 6.45) is -0.404. The lowest BCUT2D eigenvalue weighted by molar-refractivity contribution is -0.137. The third-order valence-electron chi connectivity index (χ3n) is 3.91. The highest BCUT2D eigenvalue weighted by atomic mass is 19.1. The van der Waals surface area contributed by atoms with Gasteiger partial charge in [-0.25, -0.2) is 9.18 Å². The molecule has 1 unspecified atom stereocenters. The Bertz CT molecular complexity index is 749. The van der Waals surface area contributed by atoms with Gasteiger partial charge in [-0.2, -0.15) is 0 Å². The lowest BCUT2D eigenvalue weighted by atomic mass is 10.00. The number of aliphatic carboxylic acids is 1. The Balaban J connectivity index is 1.98. The number of rotatable bonds is 8. The van der Waals surface area contributed by atoms with Gasteiger partial charge in [0, 0.05) is 12.5 Å². The van der Waals surface area contributed by atoms with Crippen molar-refractivity contribution in [2.75, 3.05) is 0 Å². The Morgan fingerprint density at radius 3 is 2.62 bits per heavy atom. The molecule has 0 aliphatic heterocycles. The normalized spacial score (nSPS) is 11.6. The van der Waals surface area contributed by atoms with E-state index in [-0.39, 0.29) is 31.7 Å². The summed E-state index contributed by atoms with van der Waals surface area (Å²) in [5, 5.41) is 11.5. The maximum absolute atomic E-state index is 14.0. The fraction of sp³-hybridized carbons (Fsp3) is 0.300. The molecule has 2 aromatic carbocycles. The minimum atomic E-state index is -0.973. The van der Waals surface area contributed by atoms with E-state index in [1.54, 1.807) is 12.1 Å². The molecule has 138 valence electrons. The van der Waals surface area contributed by atoms with Crippen molar-refractivity contribution in [2.45, 2.75) is 38.8 Å². The average molecular weight is 359 g/mol. The number of halogens is 1. The van der Waals surface area contributed by atoms with Gasteiger partial charge in [-0.3, -0.25) is 4.79 Å². The molecule has 0 aromatic heterocycles. The molecule has 0 aliphatic carbocycles. The van der Waals surface area contributed by atoms with Crippen LogP contribution in [-0.2, 0) is 22.6 Å². The van der Waals surface area contributed by atoms with Gasteiger partial charge < -0.3 is 15.2 Å². The quantitative estimate of drug-likeness (QED) is 0.751. The summed E-state index contributed by atoms with van der Waals surface area (Å²) in [5.41, 5.74) is 2.17. The summed E-state index contributed by atoms with van der Waals surface area (Å²) >= 11 is 0. The van der Waals surface area contributed by atoms with E-state index in [0.29, 0.717) is 5.56 Å². The number of aryl methyl sites for hydroxylation is 1. The van der Waals surface area contributed by atoms with E-state index in [4.69, 9.17) is 9.84 Å². The van der Waals surface area contributed by atoms with Gasteiger partial charge in [0.1, 0.15) is 12.4 Å². The van der Waals surface area contributed by atoms with Crippen molar-refractivity contribution in [3.8, 4) is 0 Å². The maximum atomic E-state index is 14.0. The summed E-state index contributed by atoms with van der Waals surface area (Å²) in [7, 11) is 0. The van der Waals surface area contributed by atoms with Crippen molar-refractivity contribution in [1.29, 1.82) is 0 Å². The van der Waals surface area contributed by atoms with Crippen molar-refractivity contribution in [2.24, 2.45) is 0 Å². The zero-order valence-corrected chi connectivity index (χ0v) is 14.6. The SMILES string of the molecule is Cc1ccc(F)c(CC(CCC(=O)O)NC(=O)OCc2ccccc2)c1. The number of amides is 1. The summed E-state index contributed by atoms with van der Waals surface area (Å²) < 4.78 is 19.1. The van der Waals surface area contributed by atoms with Crippen LogP contribution in [0.25, 0.3) is 0 Å². The second-order valence-corrected chi connectivity index (χ2v) is 6.13. The molecule has 5 nitrogen and oxygen atoms in total. The Kier molecular flexibility index (Phi) is 7.14. The largest absolute Gasteiger partial charge is 0.481 e. The first-order valence-electron chi connectivity index (χ1n) is 8.38. The molecule has 2 aromatic rings. The zero-order valence-electron chi connectivity index (χ0n) is 14.6. The average Bonchev–Trinajstić information content (AvgIpc) is 2.62. The lowest BCUT2D eigenvalue weighted by Gasteiger charge is -2.19. The zero-order chi connectivity index (χ0) is 18.9. The predicted octanol–water partition coefficient (Wildman–Crippen LogP) is 3.84. The van der Waals surface area contributed by atoms with Crippen molar-refractivity contribution < 1.29 is 23.8 Å². The van der Waals surface area contributed by atoms with Crippen LogP contribution in [0.5, 0.6) is 0 Å². The van der Waals surface area contributed by atoms with Crippen molar-refractivity contribution in [1.82, 2.24) is 5.32 Å². The number of carbonyl (C=O) groups is 2. The van der Waals surface area contributed by atoms with Gasteiger partial charge in [-0.05, 0) is 37.0 Å². The van der Waals surface area contributed by atoms with Crippen LogP contribution < -0.4 is 5.32 Å². The van der Waals surface area contributed by atoms with Crippen molar-refractivity contribution in [3.63, 3.8) is 0 Å². The lowest BCUT2D eigenvalue weighted by Crippen LogP contribution is -2.37. The highest BCUT2D eigenvalue weighted by Gasteiger charge is 2.17. The van der Waals surface area contributed by atoms with Crippen LogP contribution in [0.1, 0.15) is 29.5 Å². The first kappa shape index (κ1) is 19.4. The van der Waals surface area contributed by atoms with Crippen LogP contribution in [-0.4, -0.2) is 23.2 Å². The van der Waals surface area contributed by atoms with Crippen LogP contribution >= 0.6 is 0 Å². The minimum Gasteiger partial charge on any atom is -0.481 e. The molecule has 0 saturated carbocycles. The molecule has 0 saturated heterocycles. The summed E-state index contributed by atoms with van der Waals surface area (Å²) in [4.78, 5) is 22.9. The van der Waals surface area contributed by atoms with E-state index < -0.39 is 18.1 Å². The fourth-order valence-electron chi connectivity index (χ4n) is 2.58. The molecular formula is C20H22FNO4. The molecule has 0 aliphatic rings. The molecule has 2 N–H and O–H groups in total. The molecule has 1 amide bonds. The maximum Gasteiger partial charge on any atom is 0.407 e. The molecule has 1 atom stereocenters. The molecule has 0 fully saturated rings. The molecule has 0 heterocycles. The number of carboxylic acid groups (broad SMARTS) is 1. The Morgan fingerprint density at radius 2 is 1.92 bits per heavy atom. The van der Waals surface area contributed by atoms with E-state index in [1.807, 2.05) is 37.3 Å². The Hall–Kier alpha value is -2.89. The van der Waals surface area contributed by atoms with Crippen molar-refractivity contribution in [3.05, 3.63) is 71.0 Å². The number of hydrogen-bond acceptors (Lipinski definition) is 3. The molecule has 2 rings (SSSR count). The van der Waals surface area contributed by atoms with Crippen molar-refractivity contribution >= 4 is 12.1 Å². The van der Waals surface area contributed by atoms with Crippen LogP contribution in [0, 0.1) is 12.7 Å². The second kappa shape index (κ2) is 9.56. The number of benzene rings is 2. The molecule has 26 heavy (non-hydrogen) atoms. The van der Waals surface area contributed by atoms with Crippen LogP contribution in [0.4, 0.5) is 9.18 Å². The molecule has 6 heteroatoms. The summed E-state index contributed by atoms with van der Waals surface area (Å²) in [6.45, 7) is 1.95. The third kappa shape index (κ3) is 6.55. The Morgan fingerprint density at radius 1 is 1.19 bits per heavy atom. The van der Waals surface area contributed by atoms with Gasteiger partial charge in [-0.15, -0.1) is 0 Å². The summed E-state index contributed by atoms with van der Waals surface area (Å²) in [5.74, 6) is -1.35. The standard InChI is InChI=1S/C20H22FNO4/c1-14-7-9-18(21)16(11-14)12-17(8-10-19(23)24)22-20(25)26-13-15-5-3-2-4-6-15/h2-7,9,11,17H,8,10,12-13H2,1H3,(H,22,25)(H,23,24). The number of alkyl carbamates (subject to hydrolysis) is 1. The fourth-order valence-corrected chi connectivity index (χ4v) is 2.58. The topological polar surface area (TPSA) is 75.6 Å². The summed E-state index contributed by atoms with van der Waals surface area (Å²) in [6, 6.07) is 13.4. The highest BCUT2D eigenvalue weighted by Crippen LogP contribution is 2.15. The van der Waals surface area contributed by atoms with E-state index in [2.05, 4.69) is 5.32 Å². The van der Waals surface area contributed by atoms with Gasteiger partial charge in [0.2, 0.25) is 0 Å². The third-order valence-corrected chi connectivity index (χ3v) is 3.91. The number of hydrogen-bond donors (Lipinski definition) is 2. The first-order chi connectivity index (χ1) is 12.4. The molecular weight excluding hydrogens is 337 g/mol.